The summed E-state index contributed by atoms with van der Waals surface area (Å²) in [6.07, 6.45) is 5.09. The molecule has 24 heavy (non-hydrogen) atoms. The molecule has 0 heterocycles. The van der Waals surface area contributed by atoms with Crippen LogP contribution in [-0.4, -0.2) is 20.9 Å². The van der Waals surface area contributed by atoms with E-state index in [4.69, 9.17) is 6.42 Å². The molecule has 0 aliphatic carbocycles. The largest absolute Gasteiger partial charge is 0.341 e. The first kappa shape index (κ1) is 17.5. The molecule has 0 radical (unpaired) electrons. The van der Waals surface area contributed by atoms with Gasteiger partial charge in [0.1, 0.15) is 5.82 Å². The fraction of sp³-hybridized carbons (Fsp3) is 0.118. The van der Waals surface area contributed by atoms with Gasteiger partial charge >= 0.3 is 0 Å². The van der Waals surface area contributed by atoms with Gasteiger partial charge in [0.15, 0.2) is 0 Å². The van der Waals surface area contributed by atoms with Gasteiger partial charge < -0.3 is 5.32 Å². The Balaban J connectivity index is 2.32. The fourth-order valence-corrected chi connectivity index (χ4v) is 3.06. The highest BCUT2D eigenvalue weighted by Crippen LogP contribution is 2.19. The zero-order valence-electron chi connectivity index (χ0n) is 12.8. The number of sulfonamides is 1. The van der Waals surface area contributed by atoms with Gasteiger partial charge in [0.05, 0.1) is 11.4 Å². The summed E-state index contributed by atoms with van der Waals surface area (Å²) in [5.41, 5.74) is 1.05. The smallest absolute Gasteiger partial charge is 0.261 e. The topological polar surface area (TPSA) is 75.3 Å². The molecule has 0 aromatic heterocycles. The average Bonchev–Trinajstić information content (AvgIpc) is 2.54. The van der Waals surface area contributed by atoms with E-state index in [1.165, 1.54) is 30.3 Å². The van der Waals surface area contributed by atoms with Crippen LogP contribution in [0.3, 0.4) is 0 Å². The molecular weight excluding hydrogens is 331 g/mol. The Bertz CT molecular complexity index is 900. The zero-order chi connectivity index (χ0) is 17.7. The van der Waals surface area contributed by atoms with E-state index in [1.54, 1.807) is 6.92 Å². The highest BCUT2D eigenvalue weighted by molar-refractivity contribution is 7.92. The van der Waals surface area contributed by atoms with Crippen molar-refractivity contribution in [1.29, 1.82) is 0 Å². The second-order valence-corrected chi connectivity index (χ2v) is 6.66. The minimum atomic E-state index is -3.91. The van der Waals surface area contributed by atoms with E-state index in [1.807, 2.05) is 0 Å². The lowest BCUT2D eigenvalue weighted by Gasteiger charge is -2.11. The maximum absolute atomic E-state index is 12.9. The molecule has 1 amide bonds. The highest BCUT2D eigenvalue weighted by atomic mass is 32.2. The predicted octanol–water partition coefficient (Wildman–Crippen LogP) is 2.30. The van der Waals surface area contributed by atoms with E-state index in [9.17, 15) is 17.6 Å². The van der Waals surface area contributed by atoms with Gasteiger partial charge in [-0.15, -0.1) is 6.42 Å². The Hall–Kier alpha value is -2.85. The number of amides is 1. The van der Waals surface area contributed by atoms with Crippen molar-refractivity contribution in [1.82, 2.24) is 5.32 Å². The number of carbonyl (C=O) groups excluding carboxylic acids is 1. The molecule has 0 saturated carbocycles. The molecule has 0 atom stereocenters. The van der Waals surface area contributed by atoms with E-state index in [-0.39, 0.29) is 22.7 Å². The minimum Gasteiger partial charge on any atom is -0.341 e. The summed E-state index contributed by atoms with van der Waals surface area (Å²) >= 11 is 0. The second-order valence-electron chi connectivity index (χ2n) is 4.98. The van der Waals surface area contributed by atoms with Gasteiger partial charge in [-0.1, -0.05) is 12.0 Å². The molecular formula is C17H15FN2O3S. The molecule has 2 aromatic rings. The van der Waals surface area contributed by atoms with Gasteiger partial charge in [0, 0.05) is 11.3 Å². The number of benzene rings is 2. The van der Waals surface area contributed by atoms with Gasteiger partial charge in [-0.2, -0.15) is 0 Å². The Labute approximate surface area is 139 Å². The molecule has 0 bridgehead atoms. The van der Waals surface area contributed by atoms with Crippen molar-refractivity contribution >= 4 is 21.6 Å². The Morgan fingerprint density at radius 1 is 1.21 bits per heavy atom. The number of terminal acetylenes is 1. The van der Waals surface area contributed by atoms with Crippen LogP contribution in [-0.2, 0) is 10.0 Å². The molecule has 0 aliphatic heterocycles. The molecule has 0 aliphatic rings. The van der Waals surface area contributed by atoms with Crippen LogP contribution in [0.2, 0.25) is 0 Å². The first-order valence-electron chi connectivity index (χ1n) is 6.94. The number of hydrogen-bond acceptors (Lipinski definition) is 3. The third-order valence-corrected chi connectivity index (χ3v) is 4.59. The Morgan fingerprint density at radius 2 is 1.88 bits per heavy atom. The predicted molar refractivity (Wildman–Crippen MR) is 89.6 cm³/mol. The van der Waals surface area contributed by atoms with E-state index in [0.29, 0.717) is 5.56 Å². The zero-order valence-corrected chi connectivity index (χ0v) is 13.7. The van der Waals surface area contributed by atoms with E-state index in [2.05, 4.69) is 16.0 Å². The summed E-state index contributed by atoms with van der Waals surface area (Å²) in [7, 11) is -3.91. The molecule has 0 saturated heterocycles. The molecule has 2 rings (SSSR count). The van der Waals surface area contributed by atoms with Crippen molar-refractivity contribution in [2.75, 3.05) is 11.3 Å². The summed E-state index contributed by atoms with van der Waals surface area (Å²) in [5.74, 6) is 1.35. The SMILES string of the molecule is C#CCNC(=O)c1cc(S(=O)(=O)Nc2ccc(F)cc2)ccc1C. The van der Waals surface area contributed by atoms with Gasteiger partial charge in [-0.05, 0) is 48.9 Å². The average molecular weight is 346 g/mol. The van der Waals surface area contributed by atoms with Crippen molar-refractivity contribution < 1.29 is 17.6 Å². The fourth-order valence-electron chi connectivity index (χ4n) is 1.97. The molecule has 5 nitrogen and oxygen atoms in total. The van der Waals surface area contributed by atoms with Crippen LogP contribution in [0.4, 0.5) is 10.1 Å². The van der Waals surface area contributed by atoms with Crippen LogP contribution in [0.25, 0.3) is 0 Å². The summed E-state index contributed by atoms with van der Waals surface area (Å²) in [6.45, 7) is 1.73. The first-order chi connectivity index (χ1) is 11.3. The summed E-state index contributed by atoms with van der Waals surface area (Å²) in [5, 5.41) is 2.49. The van der Waals surface area contributed by atoms with Crippen LogP contribution < -0.4 is 10.0 Å². The first-order valence-corrected chi connectivity index (χ1v) is 8.42. The number of rotatable bonds is 5. The van der Waals surface area contributed by atoms with Crippen LogP contribution in [0, 0.1) is 25.1 Å². The molecule has 0 spiro atoms. The number of hydrogen-bond donors (Lipinski definition) is 2. The monoisotopic (exact) mass is 346 g/mol. The van der Waals surface area contributed by atoms with E-state index >= 15 is 0 Å². The van der Waals surface area contributed by atoms with Crippen molar-refractivity contribution in [2.45, 2.75) is 11.8 Å². The third-order valence-electron chi connectivity index (χ3n) is 3.21. The number of anilines is 1. The second kappa shape index (κ2) is 7.15. The minimum absolute atomic E-state index is 0.0447. The molecule has 0 unspecified atom stereocenters. The maximum Gasteiger partial charge on any atom is 0.261 e. The van der Waals surface area contributed by atoms with Crippen molar-refractivity contribution in [3.63, 3.8) is 0 Å². The lowest BCUT2D eigenvalue weighted by Crippen LogP contribution is -2.25. The van der Waals surface area contributed by atoms with E-state index < -0.39 is 21.7 Å². The van der Waals surface area contributed by atoms with Gasteiger partial charge in [-0.25, -0.2) is 12.8 Å². The number of aryl methyl sites for hydroxylation is 1. The lowest BCUT2D eigenvalue weighted by atomic mass is 10.1. The molecule has 124 valence electrons. The summed E-state index contributed by atoms with van der Waals surface area (Å²) < 4.78 is 40.1. The quantitative estimate of drug-likeness (QED) is 0.816. The molecule has 2 N–H and O–H groups in total. The normalized spacial score (nSPS) is 10.7. The lowest BCUT2D eigenvalue weighted by molar-refractivity contribution is 0.0958. The van der Waals surface area contributed by atoms with E-state index in [0.717, 1.165) is 12.1 Å². The van der Waals surface area contributed by atoms with Crippen LogP contribution in [0.15, 0.2) is 47.4 Å². The Morgan fingerprint density at radius 3 is 2.50 bits per heavy atom. The summed E-state index contributed by atoms with van der Waals surface area (Å²) in [4.78, 5) is 12.0. The van der Waals surface area contributed by atoms with Gasteiger partial charge in [0.2, 0.25) is 0 Å². The number of halogens is 1. The van der Waals surface area contributed by atoms with Gasteiger partial charge in [-0.3, -0.25) is 9.52 Å². The molecule has 0 fully saturated rings. The standard InChI is InChI=1S/C17H15FN2O3S/c1-3-10-19-17(21)16-11-15(9-4-12(16)2)24(22,23)20-14-7-5-13(18)6-8-14/h1,4-9,11,20H,10H2,2H3,(H,19,21). The highest BCUT2D eigenvalue weighted by Gasteiger charge is 2.18. The van der Waals surface area contributed by atoms with Crippen molar-refractivity contribution in [2.24, 2.45) is 0 Å². The van der Waals surface area contributed by atoms with Crippen molar-refractivity contribution in [3.8, 4) is 12.3 Å². The van der Waals surface area contributed by atoms with Crippen molar-refractivity contribution in [3.05, 3.63) is 59.4 Å². The van der Waals surface area contributed by atoms with Crippen LogP contribution >= 0.6 is 0 Å². The van der Waals surface area contributed by atoms with Gasteiger partial charge in [0.25, 0.3) is 15.9 Å². The molecule has 7 heteroatoms. The van der Waals surface area contributed by atoms with Crippen LogP contribution in [0.1, 0.15) is 15.9 Å². The maximum atomic E-state index is 12.9. The Kier molecular flexibility index (Phi) is 5.21. The number of carbonyl (C=O) groups is 1. The summed E-state index contributed by atoms with van der Waals surface area (Å²) in [6, 6.07) is 9.09. The molecule has 2 aromatic carbocycles. The van der Waals surface area contributed by atoms with Crippen LogP contribution in [0.5, 0.6) is 0 Å². The number of nitrogens with one attached hydrogen (secondary N) is 2. The third kappa shape index (κ3) is 4.12.